The predicted molar refractivity (Wildman–Crippen MR) is 103 cm³/mol. The molecular weight excluding hydrogens is 324 g/mol. The van der Waals surface area contributed by atoms with Crippen LogP contribution in [0.2, 0.25) is 0 Å². The molecule has 0 aliphatic heterocycles. The minimum Gasteiger partial charge on any atom is -0.459 e. The van der Waals surface area contributed by atoms with Crippen molar-refractivity contribution in [2.45, 2.75) is 39.2 Å². The van der Waals surface area contributed by atoms with E-state index in [0.717, 1.165) is 11.3 Å². The first-order valence-electron chi connectivity index (χ1n) is 8.75. The molecule has 0 aliphatic carbocycles. The number of aromatic nitrogens is 1. The predicted octanol–water partition coefficient (Wildman–Crippen LogP) is 5.38. The molecule has 0 N–H and O–H groups in total. The molecule has 26 heavy (non-hydrogen) atoms. The van der Waals surface area contributed by atoms with E-state index in [2.05, 4.69) is 37.9 Å². The number of carbonyl (C=O) groups excluding carboxylic acids is 1. The Morgan fingerprint density at radius 1 is 1.08 bits per heavy atom. The molecule has 3 rings (SSSR count). The van der Waals surface area contributed by atoms with Crippen LogP contribution >= 0.6 is 0 Å². The summed E-state index contributed by atoms with van der Waals surface area (Å²) in [4.78, 5) is 19.1. The van der Waals surface area contributed by atoms with E-state index in [9.17, 15) is 4.79 Å². The van der Waals surface area contributed by atoms with E-state index in [1.807, 2.05) is 31.2 Å². The van der Waals surface area contributed by atoms with Crippen LogP contribution in [0.1, 0.15) is 55.4 Å². The van der Waals surface area contributed by atoms with E-state index in [4.69, 9.17) is 4.42 Å². The topological polar surface area (TPSA) is 46.3 Å². The van der Waals surface area contributed by atoms with Crippen LogP contribution in [0.25, 0.3) is 0 Å². The quantitative estimate of drug-likeness (QED) is 0.636. The van der Waals surface area contributed by atoms with Gasteiger partial charge in [-0.1, -0.05) is 39.0 Å². The standard InChI is InChI=1S/C22H24N2O2/c1-16(17-7-5-13-23-15-17)24(21(25)20-8-6-14-26-20)19-11-9-18(10-12-19)22(2,3)4/h5-16H,1-4H3. The Bertz CT molecular complexity index is 847. The molecule has 1 atom stereocenters. The van der Waals surface area contributed by atoms with E-state index in [0.29, 0.717) is 5.76 Å². The molecule has 1 amide bonds. The SMILES string of the molecule is CC(c1cccnc1)N(C(=O)c1ccco1)c1ccc(C(C)(C)C)cc1. The molecule has 2 aromatic heterocycles. The number of anilines is 1. The second kappa shape index (κ2) is 7.16. The number of rotatable bonds is 4. The summed E-state index contributed by atoms with van der Waals surface area (Å²) in [6.07, 6.45) is 5.03. The summed E-state index contributed by atoms with van der Waals surface area (Å²) in [6, 6.07) is 15.2. The number of nitrogens with zero attached hydrogens (tertiary/aromatic N) is 2. The minimum atomic E-state index is -0.179. The third-order valence-corrected chi connectivity index (χ3v) is 4.52. The van der Waals surface area contributed by atoms with Gasteiger partial charge in [-0.2, -0.15) is 0 Å². The van der Waals surface area contributed by atoms with Gasteiger partial charge in [-0.25, -0.2) is 0 Å². The van der Waals surface area contributed by atoms with Crippen molar-refractivity contribution in [1.29, 1.82) is 0 Å². The van der Waals surface area contributed by atoms with Gasteiger partial charge < -0.3 is 4.42 Å². The lowest BCUT2D eigenvalue weighted by molar-refractivity contribution is 0.0951. The van der Waals surface area contributed by atoms with E-state index in [-0.39, 0.29) is 17.4 Å². The van der Waals surface area contributed by atoms with Crippen LogP contribution in [0.15, 0.2) is 71.6 Å². The summed E-state index contributed by atoms with van der Waals surface area (Å²) in [5, 5.41) is 0. The Kier molecular flexibility index (Phi) is 4.94. The molecule has 1 unspecified atom stereocenters. The second-order valence-corrected chi connectivity index (χ2v) is 7.41. The molecule has 134 valence electrons. The fourth-order valence-corrected chi connectivity index (χ4v) is 2.93. The highest BCUT2D eigenvalue weighted by atomic mass is 16.3. The molecule has 3 aromatic rings. The Morgan fingerprint density at radius 2 is 1.81 bits per heavy atom. The third-order valence-electron chi connectivity index (χ3n) is 4.52. The number of hydrogen-bond donors (Lipinski definition) is 0. The fourth-order valence-electron chi connectivity index (χ4n) is 2.93. The molecule has 0 bridgehead atoms. The highest BCUT2D eigenvalue weighted by Gasteiger charge is 2.27. The first-order chi connectivity index (χ1) is 12.4. The summed E-state index contributed by atoms with van der Waals surface area (Å²) in [7, 11) is 0. The van der Waals surface area contributed by atoms with Crippen LogP contribution in [-0.2, 0) is 5.41 Å². The minimum absolute atomic E-state index is 0.0589. The Labute approximate surface area is 154 Å². The molecule has 4 nitrogen and oxygen atoms in total. The van der Waals surface area contributed by atoms with Crippen LogP contribution in [0, 0.1) is 0 Å². The molecular formula is C22H24N2O2. The zero-order valence-electron chi connectivity index (χ0n) is 15.6. The monoisotopic (exact) mass is 348 g/mol. The van der Waals surface area contributed by atoms with Crippen LogP contribution in [0.3, 0.4) is 0 Å². The number of benzene rings is 1. The Hall–Kier alpha value is -2.88. The van der Waals surface area contributed by atoms with Gasteiger partial charge in [0.25, 0.3) is 5.91 Å². The van der Waals surface area contributed by atoms with E-state index in [1.54, 1.807) is 29.4 Å². The molecule has 0 radical (unpaired) electrons. The zero-order chi connectivity index (χ0) is 18.7. The van der Waals surface area contributed by atoms with Gasteiger partial charge >= 0.3 is 0 Å². The molecule has 0 aliphatic rings. The van der Waals surface area contributed by atoms with Crippen molar-refractivity contribution < 1.29 is 9.21 Å². The van der Waals surface area contributed by atoms with Gasteiger partial charge in [-0.3, -0.25) is 14.7 Å². The van der Waals surface area contributed by atoms with Crippen molar-refractivity contribution >= 4 is 11.6 Å². The van der Waals surface area contributed by atoms with Crippen molar-refractivity contribution in [2.75, 3.05) is 4.90 Å². The highest BCUT2D eigenvalue weighted by molar-refractivity contribution is 6.04. The van der Waals surface area contributed by atoms with E-state index < -0.39 is 0 Å². The Balaban J connectivity index is 2.02. The molecule has 4 heteroatoms. The van der Waals surface area contributed by atoms with Gasteiger partial charge in [0.1, 0.15) is 0 Å². The van der Waals surface area contributed by atoms with Crippen molar-refractivity contribution in [1.82, 2.24) is 4.98 Å². The van der Waals surface area contributed by atoms with Crippen LogP contribution in [0.4, 0.5) is 5.69 Å². The van der Waals surface area contributed by atoms with Gasteiger partial charge in [0.05, 0.1) is 12.3 Å². The number of amides is 1. The lowest BCUT2D eigenvalue weighted by atomic mass is 9.87. The Morgan fingerprint density at radius 3 is 2.35 bits per heavy atom. The van der Waals surface area contributed by atoms with E-state index >= 15 is 0 Å². The third kappa shape index (κ3) is 3.69. The van der Waals surface area contributed by atoms with Crippen LogP contribution in [-0.4, -0.2) is 10.9 Å². The summed E-state index contributed by atoms with van der Waals surface area (Å²) in [6.45, 7) is 8.51. The zero-order valence-corrected chi connectivity index (χ0v) is 15.6. The van der Waals surface area contributed by atoms with Crippen molar-refractivity contribution in [3.05, 3.63) is 84.1 Å². The summed E-state index contributed by atoms with van der Waals surface area (Å²) in [5.41, 5.74) is 3.08. The largest absolute Gasteiger partial charge is 0.459 e. The molecule has 0 fully saturated rings. The average Bonchev–Trinajstić information content (AvgIpc) is 3.17. The average molecular weight is 348 g/mol. The fraction of sp³-hybridized carbons (Fsp3) is 0.273. The number of furan rings is 1. The lowest BCUT2D eigenvalue weighted by Gasteiger charge is -2.29. The van der Waals surface area contributed by atoms with Crippen LogP contribution < -0.4 is 4.90 Å². The summed E-state index contributed by atoms with van der Waals surface area (Å²) >= 11 is 0. The van der Waals surface area contributed by atoms with Crippen molar-refractivity contribution in [3.8, 4) is 0 Å². The van der Waals surface area contributed by atoms with E-state index in [1.165, 1.54) is 11.8 Å². The molecule has 0 spiro atoms. The van der Waals surface area contributed by atoms with Gasteiger partial charge in [-0.05, 0) is 53.8 Å². The maximum absolute atomic E-state index is 13.1. The summed E-state index contributed by atoms with van der Waals surface area (Å²) in [5.74, 6) is 0.149. The van der Waals surface area contributed by atoms with Crippen molar-refractivity contribution in [2.24, 2.45) is 0 Å². The number of carbonyl (C=O) groups is 1. The van der Waals surface area contributed by atoms with Gasteiger partial charge in [0, 0.05) is 18.1 Å². The van der Waals surface area contributed by atoms with Gasteiger partial charge in [0.15, 0.2) is 5.76 Å². The molecule has 0 saturated carbocycles. The lowest BCUT2D eigenvalue weighted by Crippen LogP contribution is -2.33. The van der Waals surface area contributed by atoms with Crippen LogP contribution in [0.5, 0.6) is 0 Å². The van der Waals surface area contributed by atoms with Gasteiger partial charge in [-0.15, -0.1) is 0 Å². The van der Waals surface area contributed by atoms with Gasteiger partial charge in [0.2, 0.25) is 0 Å². The maximum Gasteiger partial charge on any atom is 0.294 e. The second-order valence-electron chi connectivity index (χ2n) is 7.41. The number of pyridine rings is 1. The maximum atomic E-state index is 13.1. The number of hydrogen-bond acceptors (Lipinski definition) is 3. The highest BCUT2D eigenvalue weighted by Crippen LogP contribution is 2.31. The van der Waals surface area contributed by atoms with Crippen molar-refractivity contribution in [3.63, 3.8) is 0 Å². The first kappa shape index (κ1) is 17.9. The summed E-state index contributed by atoms with van der Waals surface area (Å²) < 4.78 is 5.35. The smallest absolute Gasteiger partial charge is 0.294 e. The molecule has 0 saturated heterocycles. The molecule has 2 heterocycles. The normalized spacial score (nSPS) is 12.6. The molecule has 1 aromatic carbocycles. The first-order valence-corrected chi connectivity index (χ1v) is 8.75.